The van der Waals surface area contributed by atoms with Crippen molar-refractivity contribution in [3.8, 4) is 11.5 Å². The lowest BCUT2D eigenvalue weighted by atomic mass is 10.1. The van der Waals surface area contributed by atoms with E-state index in [2.05, 4.69) is 19.6 Å². The number of rotatable bonds is 8. The van der Waals surface area contributed by atoms with Gasteiger partial charge in [-0.2, -0.15) is 0 Å². The molecule has 0 saturated heterocycles. The molecular weight excluding hydrogens is 316 g/mol. The number of carbonyl (C=O) groups is 1. The Morgan fingerprint density at radius 3 is 2.68 bits per heavy atom. The third-order valence-corrected chi connectivity index (χ3v) is 3.59. The molecule has 2 rings (SSSR count). The third-order valence-electron chi connectivity index (χ3n) is 3.59. The Bertz CT molecular complexity index is 762. The van der Waals surface area contributed by atoms with Gasteiger partial charge in [-0.15, -0.1) is 0 Å². The van der Waals surface area contributed by atoms with Crippen LogP contribution < -0.4 is 9.47 Å². The maximum absolute atomic E-state index is 11.5. The van der Waals surface area contributed by atoms with Gasteiger partial charge in [-0.25, -0.2) is 4.79 Å². The highest BCUT2D eigenvalue weighted by molar-refractivity contribution is 5.87. The van der Waals surface area contributed by atoms with Crippen LogP contribution in [-0.4, -0.2) is 19.7 Å². The highest BCUT2D eigenvalue weighted by Gasteiger charge is 2.06. The van der Waals surface area contributed by atoms with Gasteiger partial charge in [0.25, 0.3) is 0 Å². The highest BCUT2D eigenvalue weighted by atomic mass is 16.5. The molecule has 0 amide bonds. The Morgan fingerprint density at radius 1 is 1.16 bits per heavy atom. The number of hydrogen-bond acceptors (Lipinski definition) is 4. The van der Waals surface area contributed by atoms with Crippen LogP contribution in [0.2, 0.25) is 0 Å². The fourth-order valence-electron chi connectivity index (χ4n) is 2.19. The molecule has 0 unspecified atom stereocenters. The molecule has 0 saturated carbocycles. The Labute approximate surface area is 148 Å². The number of hydrogen-bond donors (Lipinski definition) is 0. The second-order valence-electron chi connectivity index (χ2n) is 5.38. The molecular formula is C21H22O4. The van der Waals surface area contributed by atoms with Crippen molar-refractivity contribution in [1.82, 2.24) is 0 Å². The molecule has 0 aromatic heterocycles. The SMILES string of the molecule is C=CCOC(=O)/C=C/c1ccc(OCc2ccccc2C)c(OC)c1. The smallest absolute Gasteiger partial charge is 0.331 e. The standard InChI is InChI=1S/C21H22O4/c1-4-13-24-21(22)12-10-17-9-11-19(20(14-17)23-3)25-15-18-8-6-5-7-16(18)2/h4-12,14H,1,13,15H2,2-3H3/b12-10+. The number of esters is 1. The second-order valence-corrected chi connectivity index (χ2v) is 5.38. The van der Waals surface area contributed by atoms with E-state index in [-0.39, 0.29) is 6.61 Å². The number of benzene rings is 2. The van der Waals surface area contributed by atoms with Gasteiger partial charge in [0.05, 0.1) is 7.11 Å². The van der Waals surface area contributed by atoms with Crippen molar-refractivity contribution in [3.63, 3.8) is 0 Å². The van der Waals surface area contributed by atoms with E-state index in [1.807, 2.05) is 36.4 Å². The van der Waals surface area contributed by atoms with Gasteiger partial charge in [-0.3, -0.25) is 0 Å². The average molecular weight is 338 g/mol. The molecule has 0 spiro atoms. The molecule has 0 bridgehead atoms. The monoisotopic (exact) mass is 338 g/mol. The van der Waals surface area contributed by atoms with E-state index in [1.54, 1.807) is 13.2 Å². The predicted molar refractivity (Wildman–Crippen MR) is 98.7 cm³/mol. The number of methoxy groups -OCH3 is 1. The fourth-order valence-corrected chi connectivity index (χ4v) is 2.19. The van der Waals surface area contributed by atoms with Crippen LogP contribution in [0.1, 0.15) is 16.7 Å². The molecule has 0 aliphatic rings. The molecule has 4 nitrogen and oxygen atoms in total. The zero-order chi connectivity index (χ0) is 18.1. The largest absolute Gasteiger partial charge is 0.493 e. The maximum Gasteiger partial charge on any atom is 0.331 e. The molecule has 0 aliphatic carbocycles. The minimum absolute atomic E-state index is 0.193. The van der Waals surface area contributed by atoms with Crippen molar-refractivity contribution >= 4 is 12.0 Å². The summed E-state index contributed by atoms with van der Waals surface area (Å²) < 4.78 is 16.2. The van der Waals surface area contributed by atoms with E-state index in [9.17, 15) is 4.79 Å². The maximum atomic E-state index is 11.5. The molecule has 0 aliphatic heterocycles. The fraction of sp³-hybridized carbons (Fsp3) is 0.190. The number of aryl methyl sites for hydroxylation is 1. The van der Waals surface area contributed by atoms with E-state index in [4.69, 9.17) is 14.2 Å². The van der Waals surface area contributed by atoms with Gasteiger partial charge in [-0.05, 0) is 41.8 Å². The van der Waals surface area contributed by atoms with Gasteiger partial charge in [0.2, 0.25) is 0 Å². The van der Waals surface area contributed by atoms with Crippen molar-refractivity contribution in [2.75, 3.05) is 13.7 Å². The molecule has 0 radical (unpaired) electrons. The minimum atomic E-state index is -0.418. The number of carbonyl (C=O) groups excluding carboxylic acids is 1. The summed E-state index contributed by atoms with van der Waals surface area (Å²) in [5, 5.41) is 0. The molecule has 0 atom stereocenters. The summed E-state index contributed by atoms with van der Waals surface area (Å²) in [7, 11) is 1.59. The first-order valence-corrected chi connectivity index (χ1v) is 7.95. The van der Waals surface area contributed by atoms with E-state index in [1.165, 1.54) is 17.7 Å². The lowest BCUT2D eigenvalue weighted by Gasteiger charge is -2.12. The summed E-state index contributed by atoms with van der Waals surface area (Å²) in [6.07, 6.45) is 4.56. The van der Waals surface area contributed by atoms with Gasteiger partial charge in [-0.1, -0.05) is 43.0 Å². The summed E-state index contributed by atoms with van der Waals surface area (Å²) in [5.74, 6) is 0.839. The van der Waals surface area contributed by atoms with Crippen LogP contribution in [-0.2, 0) is 16.1 Å². The summed E-state index contributed by atoms with van der Waals surface area (Å²) in [6, 6.07) is 13.6. The average Bonchev–Trinajstić information content (AvgIpc) is 2.64. The zero-order valence-electron chi connectivity index (χ0n) is 14.5. The van der Waals surface area contributed by atoms with Crippen LogP contribution in [0.3, 0.4) is 0 Å². The topological polar surface area (TPSA) is 44.8 Å². The highest BCUT2D eigenvalue weighted by Crippen LogP contribution is 2.29. The summed E-state index contributed by atoms with van der Waals surface area (Å²) in [4.78, 5) is 11.5. The van der Waals surface area contributed by atoms with Crippen LogP contribution in [0.4, 0.5) is 0 Å². The van der Waals surface area contributed by atoms with Crippen molar-refractivity contribution in [2.24, 2.45) is 0 Å². The summed E-state index contributed by atoms with van der Waals surface area (Å²) >= 11 is 0. The molecule has 4 heteroatoms. The van der Waals surface area contributed by atoms with Crippen LogP contribution in [0.15, 0.2) is 61.2 Å². The minimum Gasteiger partial charge on any atom is -0.493 e. The Morgan fingerprint density at radius 2 is 1.96 bits per heavy atom. The lowest BCUT2D eigenvalue weighted by molar-refractivity contribution is -0.136. The van der Waals surface area contributed by atoms with Crippen LogP contribution >= 0.6 is 0 Å². The van der Waals surface area contributed by atoms with Gasteiger partial charge in [0.15, 0.2) is 11.5 Å². The first-order chi connectivity index (χ1) is 12.1. The predicted octanol–water partition coefficient (Wildman–Crippen LogP) is 4.33. The van der Waals surface area contributed by atoms with Crippen LogP contribution in [0.5, 0.6) is 11.5 Å². The molecule has 0 N–H and O–H groups in total. The van der Waals surface area contributed by atoms with Gasteiger partial charge < -0.3 is 14.2 Å². The summed E-state index contributed by atoms with van der Waals surface area (Å²) in [5.41, 5.74) is 3.12. The summed E-state index contributed by atoms with van der Waals surface area (Å²) in [6.45, 7) is 6.20. The second kappa shape index (κ2) is 9.33. The van der Waals surface area contributed by atoms with Crippen molar-refractivity contribution in [2.45, 2.75) is 13.5 Å². The zero-order valence-corrected chi connectivity index (χ0v) is 14.5. The van der Waals surface area contributed by atoms with Crippen LogP contribution in [0, 0.1) is 6.92 Å². The molecule has 2 aromatic carbocycles. The van der Waals surface area contributed by atoms with Crippen molar-refractivity contribution in [1.29, 1.82) is 0 Å². The molecule has 25 heavy (non-hydrogen) atoms. The Kier molecular flexibility index (Phi) is 6.84. The van der Waals surface area contributed by atoms with E-state index in [0.29, 0.717) is 18.1 Å². The van der Waals surface area contributed by atoms with Gasteiger partial charge >= 0.3 is 5.97 Å². The number of ether oxygens (including phenoxy) is 3. The van der Waals surface area contributed by atoms with Crippen molar-refractivity contribution < 1.29 is 19.0 Å². The van der Waals surface area contributed by atoms with Gasteiger partial charge in [0, 0.05) is 6.08 Å². The Balaban J connectivity index is 2.06. The molecule has 130 valence electrons. The first-order valence-electron chi connectivity index (χ1n) is 7.95. The van der Waals surface area contributed by atoms with E-state index >= 15 is 0 Å². The van der Waals surface area contributed by atoms with E-state index in [0.717, 1.165) is 11.1 Å². The van der Waals surface area contributed by atoms with E-state index < -0.39 is 5.97 Å². The Hall–Kier alpha value is -3.01. The first kappa shape index (κ1) is 18.3. The van der Waals surface area contributed by atoms with Gasteiger partial charge in [0.1, 0.15) is 13.2 Å². The normalized spacial score (nSPS) is 10.5. The molecule has 0 fully saturated rings. The quantitative estimate of drug-likeness (QED) is 0.408. The third kappa shape index (κ3) is 5.53. The molecule has 0 heterocycles. The van der Waals surface area contributed by atoms with Crippen molar-refractivity contribution in [3.05, 3.63) is 77.9 Å². The molecule has 2 aromatic rings. The van der Waals surface area contributed by atoms with Crippen LogP contribution in [0.25, 0.3) is 6.08 Å². The lowest BCUT2D eigenvalue weighted by Crippen LogP contribution is -2.00.